The summed E-state index contributed by atoms with van der Waals surface area (Å²) in [5, 5.41) is 0. The average molecular weight is 891 g/mol. The van der Waals surface area contributed by atoms with E-state index in [-0.39, 0.29) is 5.92 Å². The summed E-state index contributed by atoms with van der Waals surface area (Å²) in [6.07, 6.45) is 30.2. The third kappa shape index (κ3) is 9.10. The van der Waals surface area contributed by atoms with Gasteiger partial charge in [0, 0.05) is 17.3 Å². The molecular weight excluding hydrogens is 829 g/mol. The van der Waals surface area contributed by atoms with Gasteiger partial charge in [0.1, 0.15) is 0 Å². The highest BCUT2D eigenvalue weighted by atomic mass is 14.5. The minimum absolute atomic E-state index is 0.288. The standard InChI is InChI=1S/C69H62/c1-3-4-5-6-14-27-54-34-36-57(67-48-66(54)67)45-63(52-23-15-9-16-24-52)55-32-30-50(31-33-55)51-38-40-60(41-39-51)69(2,59-28-19-11-20-29-59)61-42-43-62-64(53-25-17-10-18-26-53)46-58-37-35-56(44-65(58)68(62)47-61)49-21-12-7-8-13-22-49/h3-5,7,9-13,15-26,28-44,47,63-64,66-67H,1,6,8,14,27,45-46,48H2,2H3/b5-4-. The van der Waals surface area contributed by atoms with Crippen molar-refractivity contribution in [1.82, 2.24) is 0 Å². The molecule has 0 bridgehead atoms. The van der Waals surface area contributed by atoms with E-state index in [1.165, 1.54) is 97.2 Å². The molecule has 4 aliphatic rings. The molecule has 0 aromatic heterocycles. The molecule has 4 aliphatic carbocycles. The fourth-order valence-electron chi connectivity index (χ4n) is 11.8. The van der Waals surface area contributed by atoms with Crippen LogP contribution in [0.4, 0.5) is 0 Å². The first-order chi connectivity index (χ1) is 34.0. The Morgan fingerprint density at radius 3 is 2.03 bits per heavy atom. The summed E-state index contributed by atoms with van der Waals surface area (Å²) in [6.45, 7) is 6.23. The Kier molecular flexibility index (Phi) is 12.7. The number of hydrogen-bond donors (Lipinski definition) is 0. The Balaban J connectivity index is 0.908. The van der Waals surface area contributed by atoms with Crippen LogP contribution in [0, 0.1) is 11.8 Å². The lowest BCUT2D eigenvalue weighted by Gasteiger charge is -2.35. The quantitative estimate of drug-likeness (QED) is 0.0547. The molecule has 11 rings (SSSR count). The minimum Gasteiger partial charge on any atom is -0.0991 e. The van der Waals surface area contributed by atoms with Gasteiger partial charge in [-0.3, -0.25) is 0 Å². The van der Waals surface area contributed by atoms with Crippen LogP contribution in [-0.4, -0.2) is 0 Å². The molecule has 0 heteroatoms. The second-order valence-electron chi connectivity index (χ2n) is 19.9. The van der Waals surface area contributed by atoms with Gasteiger partial charge in [-0.2, -0.15) is 0 Å². The van der Waals surface area contributed by atoms with Crippen LogP contribution >= 0.6 is 0 Å². The molecule has 5 atom stereocenters. The molecule has 69 heavy (non-hydrogen) atoms. The number of rotatable bonds is 15. The van der Waals surface area contributed by atoms with E-state index in [9.17, 15) is 0 Å². The zero-order valence-corrected chi connectivity index (χ0v) is 40.0. The van der Waals surface area contributed by atoms with E-state index in [1.54, 1.807) is 11.1 Å². The van der Waals surface area contributed by atoms with Gasteiger partial charge in [0.25, 0.3) is 0 Å². The Labute approximate surface area is 411 Å². The fraction of sp³-hybridized carbons (Fsp3) is 0.188. The summed E-state index contributed by atoms with van der Waals surface area (Å²) >= 11 is 0. The van der Waals surface area contributed by atoms with Crippen LogP contribution in [0.1, 0.15) is 107 Å². The van der Waals surface area contributed by atoms with Gasteiger partial charge in [0.15, 0.2) is 0 Å². The van der Waals surface area contributed by atoms with Crippen LogP contribution in [0.15, 0.2) is 254 Å². The van der Waals surface area contributed by atoms with Gasteiger partial charge in [-0.05, 0) is 154 Å². The SMILES string of the molecule is C=C/C=C\CCCC1=CC=C(CC(c2ccccc2)c2ccc(-c3ccc(C(C)(c4ccccc4)c4ccc5c(c4)-c4cc(C6=CC=CCC=C6)ccc4CC5c4ccccc4)cc3)cc2)C2CC12. The zero-order valence-electron chi connectivity index (χ0n) is 40.0. The smallest absolute Gasteiger partial charge is 0.0423 e. The van der Waals surface area contributed by atoms with E-state index in [0.29, 0.717) is 11.8 Å². The Hall–Kier alpha value is -7.28. The van der Waals surface area contributed by atoms with E-state index in [0.717, 1.165) is 31.6 Å². The number of benzene rings is 7. The van der Waals surface area contributed by atoms with Crippen LogP contribution < -0.4 is 0 Å². The molecule has 0 radical (unpaired) electrons. The number of fused-ring (bicyclic) bond motifs is 4. The maximum Gasteiger partial charge on any atom is 0.0423 e. The highest BCUT2D eigenvalue weighted by Gasteiger charge is 2.44. The van der Waals surface area contributed by atoms with Crippen LogP contribution in [0.25, 0.3) is 27.8 Å². The van der Waals surface area contributed by atoms with E-state index in [4.69, 9.17) is 0 Å². The lowest BCUT2D eigenvalue weighted by Crippen LogP contribution is -2.26. The van der Waals surface area contributed by atoms with E-state index < -0.39 is 5.41 Å². The first-order valence-electron chi connectivity index (χ1n) is 25.4. The van der Waals surface area contributed by atoms with Gasteiger partial charge in [-0.25, -0.2) is 0 Å². The van der Waals surface area contributed by atoms with Crippen LogP contribution in [0.3, 0.4) is 0 Å². The van der Waals surface area contributed by atoms with Crippen molar-refractivity contribution >= 4 is 5.57 Å². The maximum absolute atomic E-state index is 3.81. The third-order valence-corrected chi connectivity index (χ3v) is 15.8. The molecule has 1 fully saturated rings. The summed E-state index contributed by atoms with van der Waals surface area (Å²) in [4.78, 5) is 0. The summed E-state index contributed by atoms with van der Waals surface area (Å²) in [7, 11) is 0. The second kappa shape index (κ2) is 19.7. The Morgan fingerprint density at radius 2 is 1.26 bits per heavy atom. The van der Waals surface area contributed by atoms with Crippen molar-refractivity contribution in [1.29, 1.82) is 0 Å². The molecule has 5 unspecified atom stereocenters. The summed E-state index contributed by atoms with van der Waals surface area (Å²) < 4.78 is 0. The van der Waals surface area contributed by atoms with Crippen molar-refractivity contribution in [2.75, 3.05) is 0 Å². The van der Waals surface area contributed by atoms with Crippen LogP contribution in [-0.2, 0) is 11.8 Å². The first kappa shape index (κ1) is 44.2. The lowest BCUT2D eigenvalue weighted by molar-refractivity contribution is 0.690. The highest BCUT2D eigenvalue weighted by Crippen LogP contribution is 2.55. The molecular formula is C69H62. The average Bonchev–Trinajstić information content (AvgIpc) is 4.27. The van der Waals surface area contributed by atoms with Gasteiger partial charge in [-0.1, -0.05) is 242 Å². The molecule has 338 valence electrons. The Morgan fingerprint density at radius 1 is 0.609 bits per heavy atom. The van der Waals surface area contributed by atoms with Gasteiger partial charge in [0.2, 0.25) is 0 Å². The number of hydrogen-bond acceptors (Lipinski definition) is 0. The molecule has 0 saturated heterocycles. The largest absolute Gasteiger partial charge is 0.0991 e. The monoisotopic (exact) mass is 890 g/mol. The minimum atomic E-state index is -0.399. The first-order valence-corrected chi connectivity index (χ1v) is 25.4. The number of unbranched alkanes of at least 4 members (excludes halogenated alkanes) is 1. The molecule has 0 spiro atoms. The summed E-state index contributed by atoms with van der Waals surface area (Å²) in [6, 6.07) is 66.9. The van der Waals surface area contributed by atoms with Crippen LogP contribution in [0.2, 0.25) is 0 Å². The molecule has 0 aliphatic heterocycles. The van der Waals surface area contributed by atoms with E-state index >= 15 is 0 Å². The van der Waals surface area contributed by atoms with Crippen molar-refractivity contribution in [3.63, 3.8) is 0 Å². The maximum atomic E-state index is 3.81. The van der Waals surface area contributed by atoms with Gasteiger partial charge < -0.3 is 0 Å². The van der Waals surface area contributed by atoms with Crippen molar-refractivity contribution in [2.24, 2.45) is 11.8 Å². The highest BCUT2D eigenvalue weighted by molar-refractivity contribution is 5.83. The van der Waals surface area contributed by atoms with Crippen LogP contribution in [0.5, 0.6) is 0 Å². The predicted octanol–water partition coefficient (Wildman–Crippen LogP) is 17.9. The van der Waals surface area contributed by atoms with Gasteiger partial charge in [-0.15, -0.1) is 0 Å². The summed E-state index contributed by atoms with van der Waals surface area (Å²) in [5.74, 6) is 2.06. The van der Waals surface area contributed by atoms with Gasteiger partial charge in [0.05, 0.1) is 0 Å². The van der Waals surface area contributed by atoms with E-state index in [2.05, 4.69) is 244 Å². The van der Waals surface area contributed by atoms with Crippen molar-refractivity contribution in [3.8, 4) is 22.3 Å². The number of allylic oxidation sites excluding steroid dienone is 13. The normalized spacial score (nSPS) is 19.2. The second-order valence-corrected chi connectivity index (χ2v) is 19.9. The molecule has 7 aromatic carbocycles. The molecule has 0 amide bonds. The summed E-state index contributed by atoms with van der Waals surface area (Å²) in [5.41, 5.74) is 21.4. The molecule has 0 N–H and O–H groups in total. The lowest BCUT2D eigenvalue weighted by atomic mass is 9.68. The van der Waals surface area contributed by atoms with Gasteiger partial charge >= 0.3 is 0 Å². The molecule has 0 heterocycles. The van der Waals surface area contributed by atoms with E-state index in [1.807, 2.05) is 6.08 Å². The predicted molar refractivity (Wildman–Crippen MR) is 292 cm³/mol. The zero-order chi connectivity index (χ0) is 46.6. The van der Waals surface area contributed by atoms with Crippen molar-refractivity contribution in [2.45, 2.75) is 69.1 Å². The molecule has 7 aromatic rings. The fourth-order valence-corrected chi connectivity index (χ4v) is 11.8. The topological polar surface area (TPSA) is 0 Å². The van der Waals surface area contributed by atoms with Crippen molar-refractivity contribution in [3.05, 3.63) is 304 Å². The third-order valence-electron chi connectivity index (χ3n) is 15.8. The van der Waals surface area contributed by atoms with Crippen molar-refractivity contribution < 1.29 is 0 Å². The molecule has 1 saturated carbocycles. The Bertz CT molecular complexity index is 3130. The molecule has 0 nitrogen and oxygen atoms in total.